The summed E-state index contributed by atoms with van der Waals surface area (Å²) in [6.45, 7) is 1.24. The Morgan fingerprint density at radius 2 is 1.31 bits per heavy atom. The molecule has 2 saturated heterocycles. The number of carbonyl (C=O) groups is 1. The van der Waals surface area contributed by atoms with Crippen molar-refractivity contribution in [2.45, 2.75) is 68.3 Å². The van der Waals surface area contributed by atoms with Crippen LogP contribution in [0.3, 0.4) is 0 Å². The lowest BCUT2D eigenvalue weighted by Crippen LogP contribution is -2.64. The maximum absolute atomic E-state index is 10.8. The molecule has 0 amide bonds. The van der Waals surface area contributed by atoms with E-state index in [-0.39, 0.29) is 24.9 Å². The highest BCUT2D eigenvalue weighted by Crippen LogP contribution is 2.29. The van der Waals surface area contributed by atoms with Gasteiger partial charge in [0.15, 0.2) is 17.7 Å². The van der Waals surface area contributed by atoms with Crippen LogP contribution in [0.25, 0.3) is 0 Å². The summed E-state index contributed by atoms with van der Waals surface area (Å²) in [6.07, 6.45) is -15.1. The molecule has 0 radical (unpaired) electrons. The fourth-order valence-corrected chi connectivity index (χ4v) is 3.96. The van der Waals surface area contributed by atoms with Gasteiger partial charge >= 0.3 is 0 Å². The average molecular weight is 533 g/mol. The first-order valence-corrected chi connectivity index (χ1v) is 12.2. The van der Waals surface area contributed by atoms with Gasteiger partial charge in [-0.15, -0.1) is 0 Å². The summed E-state index contributed by atoms with van der Waals surface area (Å²) < 4.78 is 32.3. The maximum Gasteiger partial charge on any atom is 0.187 e. The Labute approximate surface area is 206 Å². The first kappa shape index (κ1) is 30.7. The summed E-state index contributed by atoms with van der Waals surface area (Å²) in [6, 6.07) is 0. The van der Waals surface area contributed by atoms with Gasteiger partial charge in [-0.25, -0.2) is 0 Å². The number of aliphatic hydroxyl groups is 7. The fraction of sp³-hybridized carbons (Fsp3) is 0.950. The van der Waals surface area contributed by atoms with Crippen LogP contribution in [0.2, 0.25) is 0 Å². The lowest BCUT2D eigenvalue weighted by Gasteiger charge is -2.45. The number of hydrogen-bond donors (Lipinski definition) is 7. The number of ether oxygens (including phenoxy) is 6. The number of carbonyl (C=O) groups excluding carboxylic acids is 1. The molecule has 15 heteroatoms. The van der Waals surface area contributed by atoms with Crippen LogP contribution in [0, 0.1) is 0 Å². The second kappa shape index (κ2) is 15.7. The highest BCUT2D eigenvalue weighted by molar-refractivity contribution is 8.13. The van der Waals surface area contributed by atoms with Crippen LogP contribution < -0.4 is 0 Å². The minimum absolute atomic E-state index is 0.0194. The van der Waals surface area contributed by atoms with E-state index in [1.165, 1.54) is 18.7 Å². The van der Waals surface area contributed by atoms with E-state index in [9.17, 15) is 40.5 Å². The Kier molecular flexibility index (Phi) is 13.8. The Morgan fingerprint density at radius 1 is 0.743 bits per heavy atom. The number of thioether (sulfide) groups is 1. The van der Waals surface area contributed by atoms with E-state index in [0.717, 1.165) is 0 Å². The van der Waals surface area contributed by atoms with E-state index < -0.39 is 74.6 Å². The van der Waals surface area contributed by atoms with E-state index in [4.69, 9.17) is 28.4 Å². The second-order valence-electron chi connectivity index (χ2n) is 7.94. The number of aliphatic hydroxyl groups excluding tert-OH is 7. The largest absolute Gasteiger partial charge is 0.394 e. The molecule has 0 aromatic heterocycles. The molecule has 35 heavy (non-hydrogen) atoms. The van der Waals surface area contributed by atoms with Gasteiger partial charge in [0.2, 0.25) is 0 Å². The topological polar surface area (TPSA) is 214 Å². The molecule has 10 atom stereocenters. The molecule has 0 bridgehead atoms. The van der Waals surface area contributed by atoms with Gasteiger partial charge in [-0.3, -0.25) is 4.79 Å². The summed E-state index contributed by atoms with van der Waals surface area (Å²) >= 11 is 1.17. The van der Waals surface area contributed by atoms with Gasteiger partial charge < -0.3 is 64.2 Å². The van der Waals surface area contributed by atoms with Crippen molar-refractivity contribution in [1.82, 2.24) is 0 Å². The molecule has 2 aliphatic rings. The fourth-order valence-electron chi connectivity index (χ4n) is 3.48. The number of hydrogen-bond acceptors (Lipinski definition) is 15. The van der Waals surface area contributed by atoms with Crippen molar-refractivity contribution in [3.63, 3.8) is 0 Å². The van der Waals surface area contributed by atoms with Crippen LogP contribution in [0.4, 0.5) is 0 Å². The van der Waals surface area contributed by atoms with Gasteiger partial charge in [0.1, 0.15) is 48.8 Å². The smallest absolute Gasteiger partial charge is 0.187 e. The molecule has 7 N–H and O–H groups in total. The second-order valence-corrected chi connectivity index (χ2v) is 9.21. The predicted molar refractivity (Wildman–Crippen MR) is 117 cm³/mol. The van der Waals surface area contributed by atoms with Crippen LogP contribution in [-0.2, 0) is 33.2 Å². The van der Waals surface area contributed by atoms with Gasteiger partial charge in [0, 0.05) is 12.7 Å². The maximum atomic E-state index is 10.8. The van der Waals surface area contributed by atoms with Gasteiger partial charge in [-0.05, 0) is 0 Å². The zero-order chi connectivity index (χ0) is 26.0. The van der Waals surface area contributed by atoms with E-state index >= 15 is 0 Å². The van der Waals surface area contributed by atoms with Gasteiger partial charge in [0.25, 0.3) is 0 Å². The minimum atomic E-state index is -1.75. The molecule has 0 unspecified atom stereocenters. The molecular formula is C20H36O14S. The first-order valence-electron chi connectivity index (χ1n) is 11.2. The molecule has 2 aliphatic heterocycles. The van der Waals surface area contributed by atoms with Crippen molar-refractivity contribution in [3.05, 3.63) is 0 Å². The molecule has 0 aromatic rings. The summed E-state index contributed by atoms with van der Waals surface area (Å²) in [5.74, 6) is 0.555. The van der Waals surface area contributed by atoms with Crippen molar-refractivity contribution >= 4 is 16.9 Å². The van der Waals surface area contributed by atoms with Crippen LogP contribution in [0.1, 0.15) is 6.92 Å². The summed E-state index contributed by atoms with van der Waals surface area (Å²) in [4.78, 5) is 10.8. The summed E-state index contributed by atoms with van der Waals surface area (Å²) in [5.41, 5.74) is 0. The molecule has 2 rings (SSSR count). The van der Waals surface area contributed by atoms with E-state index in [0.29, 0.717) is 19.0 Å². The van der Waals surface area contributed by atoms with Crippen molar-refractivity contribution < 1.29 is 69.0 Å². The molecule has 2 heterocycles. The summed E-state index contributed by atoms with van der Waals surface area (Å²) in [7, 11) is 0. The molecule has 14 nitrogen and oxygen atoms in total. The molecule has 206 valence electrons. The van der Waals surface area contributed by atoms with Gasteiger partial charge in [-0.2, -0.15) is 0 Å². The van der Waals surface area contributed by atoms with Crippen LogP contribution >= 0.6 is 11.8 Å². The summed E-state index contributed by atoms with van der Waals surface area (Å²) in [5, 5.41) is 69.9. The third-order valence-corrected chi connectivity index (χ3v) is 6.15. The Hall–Kier alpha value is -0.500. The highest BCUT2D eigenvalue weighted by atomic mass is 32.2. The van der Waals surface area contributed by atoms with Crippen molar-refractivity contribution in [3.8, 4) is 0 Å². The molecular weight excluding hydrogens is 496 g/mol. The molecule has 0 aromatic carbocycles. The lowest BCUT2D eigenvalue weighted by molar-refractivity contribution is -0.360. The molecule has 2 fully saturated rings. The van der Waals surface area contributed by atoms with Gasteiger partial charge in [-0.1, -0.05) is 11.8 Å². The normalized spacial score (nSPS) is 37.9. The molecule has 0 spiro atoms. The van der Waals surface area contributed by atoms with Crippen molar-refractivity contribution in [1.29, 1.82) is 0 Å². The SMILES string of the molecule is CC(=O)SCCOCCOCCO[C@H]1O[C@H](CO)[C@H](O)[C@H](O[C@@H]2O[C@H](CO)[C@H](O)[C@H](O)[C@H]2O)[C@H]1O. The van der Waals surface area contributed by atoms with E-state index in [2.05, 4.69) is 0 Å². The van der Waals surface area contributed by atoms with Crippen LogP contribution in [0.5, 0.6) is 0 Å². The third kappa shape index (κ3) is 9.08. The molecule has 0 aliphatic carbocycles. The zero-order valence-corrected chi connectivity index (χ0v) is 20.1. The predicted octanol–water partition coefficient (Wildman–Crippen LogP) is -4.06. The average Bonchev–Trinajstić information content (AvgIpc) is 2.83. The zero-order valence-electron chi connectivity index (χ0n) is 19.3. The Bertz CT molecular complexity index is 612. The Balaban J connectivity index is 1.81. The lowest BCUT2D eigenvalue weighted by atomic mass is 9.97. The van der Waals surface area contributed by atoms with E-state index in [1.807, 2.05) is 0 Å². The number of rotatable bonds is 14. The standard InChI is InChI=1S/C20H36O14S/c1-10(23)35-7-6-30-3-2-29-4-5-31-19-17(28)18(14(25)12(9-22)32-19)34-20-16(27)15(26)13(24)11(8-21)33-20/h11-22,24-28H,2-9H2,1H3/t11-,12-,13+,14+,15+,16-,17-,18+,19+,20+/m1/s1. The monoisotopic (exact) mass is 532 g/mol. The highest BCUT2D eigenvalue weighted by Gasteiger charge is 2.50. The third-order valence-electron chi connectivity index (χ3n) is 5.38. The van der Waals surface area contributed by atoms with Crippen molar-refractivity contribution in [2.75, 3.05) is 52.0 Å². The van der Waals surface area contributed by atoms with Gasteiger partial charge in [0.05, 0.1) is 46.2 Å². The quantitative estimate of drug-likeness (QED) is 0.106. The van der Waals surface area contributed by atoms with Crippen LogP contribution in [0.15, 0.2) is 0 Å². The first-order chi connectivity index (χ1) is 16.7. The van der Waals surface area contributed by atoms with Crippen molar-refractivity contribution in [2.24, 2.45) is 0 Å². The van der Waals surface area contributed by atoms with Crippen LogP contribution in [-0.4, -0.2) is 154 Å². The van der Waals surface area contributed by atoms with E-state index in [1.54, 1.807) is 0 Å². The molecule has 0 saturated carbocycles. The Morgan fingerprint density at radius 3 is 1.94 bits per heavy atom. The minimum Gasteiger partial charge on any atom is -0.394 e.